The molecule has 0 radical (unpaired) electrons. The standard InChI is InChI=1S/C16H19N5O4S2/c1-3-20-10-14(11(2)18-20)27(22,23)21-6-7-24-12(9-21)16-17-15(19-25-16)13-5-4-8-26-13/h4-5,8,10,12H,3,6-7,9H2,1-2H3. The molecule has 3 aromatic rings. The molecule has 0 amide bonds. The van der Waals surface area contributed by atoms with Crippen molar-refractivity contribution in [1.82, 2.24) is 24.2 Å². The highest BCUT2D eigenvalue weighted by Crippen LogP contribution is 2.29. The first-order chi connectivity index (χ1) is 13.0. The summed E-state index contributed by atoms with van der Waals surface area (Å²) < 4.78 is 40.1. The third-order valence-electron chi connectivity index (χ3n) is 4.33. The molecule has 4 rings (SSSR count). The van der Waals surface area contributed by atoms with Crippen molar-refractivity contribution < 1.29 is 17.7 Å². The number of hydrogen-bond donors (Lipinski definition) is 0. The molecule has 1 aliphatic rings. The van der Waals surface area contributed by atoms with Crippen molar-refractivity contribution in [3.63, 3.8) is 0 Å². The van der Waals surface area contributed by atoms with Crippen molar-refractivity contribution in [2.24, 2.45) is 0 Å². The lowest BCUT2D eigenvalue weighted by atomic mass is 10.3. The smallest absolute Gasteiger partial charge is 0.257 e. The summed E-state index contributed by atoms with van der Waals surface area (Å²) in [6, 6.07) is 3.80. The summed E-state index contributed by atoms with van der Waals surface area (Å²) in [4.78, 5) is 5.47. The number of thiophene rings is 1. The van der Waals surface area contributed by atoms with Crippen molar-refractivity contribution in [3.8, 4) is 10.7 Å². The van der Waals surface area contributed by atoms with E-state index in [1.807, 2.05) is 24.4 Å². The van der Waals surface area contributed by atoms with Gasteiger partial charge in [0.15, 0.2) is 6.10 Å². The van der Waals surface area contributed by atoms with E-state index >= 15 is 0 Å². The maximum Gasteiger partial charge on any atom is 0.257 e. The molecule has 0 saturated carbocycles. The van der Waals surface area contributed by atoms with Gasteiger partial charge < -0.3 is 9.26 Å². The molecule has 1 fully saturated rings. The van der Waals surface area contributed by atoms with Gasteiger partial charge in [-0.25, -0.2) is 8.42 Å². The molecule has 3 aromatic heterocycles. The number of hydrogen-bond acceptors (Lipinski definition) is 8. The molecule has 11 heteroatoms. The summed E-state index contributed by atoms with van der Waals surface area (Å²) >= 11 is 1.50. The van der Waals surface area contributed by atoms with Crippen LogP contribution in [0.4, 0.5) is 0 Å². The normalized spacial score (nSPS) is 18.8. The molecule has 4 heterocycles. The quantitative estimate of drug-likeness (QED) is 0.635. The van der Waals surface area contributed by atoms with Crippen LogP contribution in [0.2, 0.25) is 0 Å². The molecule has 27 heavy (non-hydrogen) atoms. The van der Waals surface area contributed by atoms with Crippen LogP contribution in [-0.4, -0.2) is 52.3 Å². The van der Waals surface area contributed by atoms with Crippen LogP contribution < -0.4 is 0 Å². The van der Waals surface area contributed by atoms with E-state index in [0.717, 1.165) is 4.88 Å². The van der Waals surface area contributed by atoms with Crippen LogP contribution in [0.3, 0.4) is 0 Å². The van der Waals surface area contributed by atoms with Crippen LogP contribution in [0.5, 0.6) is 0 Å². The molecular formula is C16H19N5O4S2. The van der Waals surface area contributed by atoms with Gasteiger partial charge in [-0.15, -0.1) is 11.3 Å². The maximum atomic E-state index is 13.1. The first kappa shape index (κ1) is 18.3. The van der Waals surface area contributed by atoms with Crippen LogP contribution in [0.15, 0.2) is 33.1 Å². The van der Waals surface area contributed by atoms with Crippen molar-refractivity contribution in [1.29, 1.82) is 0 Å². The molecule has 0 bridgehead atoms. The fourth-order valence-corrected chi connectivity index (χ4v) is 5.16. The van der Waals surface area contributed by atoms with Gasteiger partial charge in [-0.2, -0.15) is 14.4 Å². The van der Waals surface area contributed by atoms with Gasteiger partial charge in [-0.05, 0) is 25.3 Å². The Morgan fingerprint density at radius 1 is 1.41 bits per heavy atom. The Kier molecular flexibility index (Phi) is 4.84. The second-order valence-corrected chi connectivity index (χ2v) is 8.94. The monoisotopic (exact) mass is 409 g/mol. The van der Waals surface area contributed by atoms with Gasteiger partial charge in [0.1, 0.15) is 4.90 Å². The van der Waals surface area contributed by atoms with Crippen LogP contribution in [0.1, 0.15) is 24.6 Å². The Hall–Kier alpha value is -2.08. The van der Waals surface area contributed by atoms with E-state index in [-0.39, 0.29) is 30.5 Å². The molecule has 1 saturated heterocycles. The number of sulfonamides is 1. The Labute approximate surface area is 160 Å². The van der Waals surface area contributed by atoms with Gasteiger partial charge >= 0.3 is 0 Å². The van der Waals surface area contributed by atoms with Gasteiger partial charge in [0, 0.05) is 25.8 Å². The third kappa shape index (κ3) is 3.43. The van der Waals surface area contributed by atoms with E-state index in [4.69, 9.17) is 9.26 Å². The Balaban J connectivity index is 1.56. The summed E-state index contributed by atoms with van der Waals surface area (Å²) in [5.74, 6) is 0.753. The Bertz CT molecular complexity index is 1030. The number of nitrogens with zero attached hydrogens (tertiary/aromatic N) is 5. The summed E-state index contributed by atoms with van der Waals surface area (Å²) in [6.07, 6.45) is 0.966. The molecule has 0 aliphatic carbocycles. The molecule has 144 valence electrons. The molecule has 9 nitrogen and oxygen atoms in total. The van der Waals surface area contributed by atoms with Crippen molar-refractivity contribution in [2.45, 2.75) is 31.4 Å². The van der Waals surface area contributed by atoms with E-state index in [2.05, 4.69) is 15.2 Å². The second kappa shape index (κ2) is 7.15. The molecule has 0 N–H and O–H groups in total. The van der Waals surface area contributed by atoms with Gasteiger partial charge in [0.2, 0.25) is 15.8 Å². The van der Waals surface area contributed by atoms with E-state index in [9.17, 15) is 8.42 Å². The first-order valence-electron chi connectivity index (χ1n) is 8.52. The summed E-state index contributed by atoms with van der Waals surface area (Å²) in [5.41, 5.74) is 0.484. The zero-order chi connectivity index (χ0) is 19.0. The first-order valence-corrected chi connectivity index (χ1v) is 10.8. The fourth-order valence-electron chi connectivity index (χ4n) is 2.92. The van der Waals surface area contributed by atoms with Crippen molar-refractivity contribution in [3.05, 3.63) is 35.3 Å². The average Bonchev–Trinajstić information content (AvgIpc) is 3.41. The molecular weight excluding hydrogens is 390 g/mol. The minimum Gasteiger partial charge on any atom is -0.366 e. The zero-order valence-corrected chi connectivity index (χ0v) is 16.5. The van der Waals surface area contributed by atoms with Gasteiger partial charge in [-0.1, -0.05) is 11.2 Å². The number of aromatic nitrogens is 4. The predicted octanol–water partition coefficient (Wildman–Crippen LogP) is 2.09. The Morgan fingerprint density at radius 2 is 2.26 bits per heavy atom. The van der Waals surface area contributed by atoms with E-state index < -0.39 is 16.1 Å². The third-order valence-corrected chi connectivity index (χ3v) is 7.16. The molecule has 1 atom stereocenters. The summed E-state index contributed by atoms with van der Waals surface area (Å²) in [7, 11) is -3.68. The molecule has 0 spiro atoms. The topological polar surface area (TPSA) is 103 Å². The lowest BCUT2D eigenvalue weighted by Gasteiger charge is -2.30. The van der Waals surface area contributed by atoms with Crippen LogP contribution in [-0.2, 0) is 21.3 Å². The van der Waals surface area contributed by atoms with E-state index in [1.54, 1.807) is 17.8 Å². The van der Waals surface area contributed by atoms with Gasteiger partial charge in [0.25, 0.3) is 5.89 Å². The number of rotatable bonds is 5. The number of morpholine rings is 1. The summed E-state index contributed by atoms with van der Waals surface area (Å²) in [6.45, 7) is 4.85. The second-order valence-electron chi connectivity index (χ2n) is 6.09. The Morgan fingerprint density at radius 3 is 2.96 bits per heavy atom. The van der Waals surface area contributed by atoms with Gasteiger partial charge in [0.05, 0.1) is 17.2 Å². The average molecular weight is 409 g/mol. The van der Waals surface area contributed by atoms with E-state index in [0.29, 0.717) is 18.1 Å². The lowest BCUT2D eigenvalue weighted by molar-refractivity contribution is -0.0199. The van der Waals surface area contributed by atoms with Gasteiger partial charge in [-0.3, -0.25) is 4.68 Å². The minimum absolute atomic E-state index is 0.116. The highest BCUT2D eigenvalue weighted by Gasteiger charge is 2.35. The highest BCUT2D eigenvalue weighted by molar-refractivity contribution is 7.89. The fraction of sp³-hybridized carbons (Fsp3) is 0.438. The predicted molar refractivity (Wildman–Crippen MR) is 97.7 cm³/mol. The minimum atomic E-state index is -3.68. The molecule has 0 aromatic carbocycles. The van der Waals surface area contributed by atoms with E-state index in [1.165, 1.54) is 15.6 Å². The van der Waals surface area contributed by atoms with Crippen LogP contribution >= 0.6 is 11.3 Å². The SMILES string of the molecule is CCn1cc(S(=O)(=O)N2CCOC(c3nc(-c4cccs4)no3)C2)c(C)n1. The van der Waals surface area contributed by atoms with Crippen molar-refractivity contribution in [2.75, 3.05) is 19.7 Å². The highest BCUT2D eigenvalue weighted by atomic mass is 32.2. The molecule has 1 unspecified atom stereocenters. The van der Waals surface area contributed by atoms with Crippen LogP contribution in [0.25, 0.3) is 10.7 Å². The maximum absolute atomic E-state index is 13.1. The van der Waals surface area contributed by atoms with Crippen LogP contribution in [0, 0.1) is 6.92 Å². The zero-order valence-electron chi connectivity index (χ0n) is 14.9. The lowest BCUT2D eigenvalue weighted by Crippen LogP contribution is -2.42. The number of ether oxygens (including phenoxy) is 1. The van der Waals surface area contributed by atoms with Crippen molar-refractivity contribution >= 4 is 21.4 Å². The molecule has 1 aliphatic heterocycles. The number of aryl methyl sites for hydroxylation is 2. The summed E-state index contributed by atoms with van der Waals surface area (Å²) in [5, 5.41) is 10.1. The largest absolute Gasteiger partial charge is 0.366 e.